The number of nitrogens with two attached hydrogens (primary N) is 1. The van der Waals surface area contributed by atoms with E-state index in [1.165, 1.54) is 25.4 Å². The summed E-state index contributed by atoms with van der Waals surface area (Å²) in [4.78, 5) is 23.5. The predicted octanol–water partition coefficient (Wildman–Crippen LogP) is 4.01. The van der Waals surface area contributed by atoms with E-state index in [1.54, 1.807) is 6.92 Å². The van der Waals surface area contributed by atoms with Crippen molar-refractivity contribution >= 4 is 34.4 Å². The quantitative estimate of drug-likeness (QED) is 0.473. The Hall–Kier alpha value is -2.63. The van der Waals surface area contributed by atoms with Gasteiger partial charge in [-0.05, 0) is 53.3 Å². The lowest BCUT2D eigenvalue weighted by molar-refractivity contribution is -0.137. The molecule has 3 aromatic rings. The van der Waals surface area contributed by atoms with Crippen LogP contribution >= 0.6 is 22.6 Å². The van der Waals surface area contributed by atoms with Crippen molar-refractivity contribution in [3.05, 3.63) is 50.7 Å². The zero-order valence-electron chi connectivity index (χ0n) is 14.8. The van der Waals surface area contributed by atoms with Crippen LogP contribution in [0.5, 0.6) is 0 Å². The van der Waals surface area contributed by atoms with Crippen molar-refractivity contribution in [1.29, 1.82) is 0 Å². The number of anilines is 1. The summed E-state index contributed by atoms with van der Waals surface area (Å²) in [5, 5.41) is 2.51. The van der Waals surface area contributed by atoms with Gasteiger partial charge in [0.1, 0.15) is 5.69 Å². The van der Waals surface area contributed by atoms with Crippen molar-refractivity contribution < 1.29 is 18.0 Å². The summed E-state index contributed by atoms with van der Waals surface area (Å²) < 4.78 is 40.2. The monoisotopic (exact) mass is 501 g/mol. The maximum absolute atomic E-state index is 13.2. The van der Waals surface area contributed by atoms with E-state index in [0.717, 1.165) is 12.1 Å². The third-order valence-corrected chi connectivity index (χ3v) is 4.93. The van der Waals surface area contributed by atoms with Crippen molar-refractivity contribution in [2.75, 3.05) is 12.8 Å². The Labute approximate surface area is 171 Å². The van der Waals surface area contributed by atoms with Crippen molar-refractivity contribution in [3.8, 4) is 22.6 Å². The van der Waals surface area contributed by atoms with Crippen LogP contribution in [0.4, 0.5) is 19.1 Å². The Balaban J connectivity index is 2.25. The number of hydrogen-bond donors (Lipinski definition) is 3. The van der Waals surface area contributed by atoms with Crippen molar-refractivity contribution in [3.63, 3.8) is 0 Å². The Morgan fingerprint density at radius 3 is 2.64 bits per heavy atom. The molecule has 28 heavy (non-hydrogen) atoms. The number of benzene rings is 1. The number of halogens is 4. The Bertz CT molecular complexity index is 1060. The molecule has 1 aromatic carbocycles. The minimum atomic E-state index is -4.50. The number of carbonyl (C=O) groups excluding carboxylic acids is 1. The minimum Gasteiger partial charge on any atom is -0.368 e. The van der Waals surface area contributed by atoms with Gasteiger partial charge in [0, 0.05) is 18.8 Å². The first kappa shape index (κ1) is 20.1. The molecule has 0 aliphatic heterocycles. The van der Waals surface area contributed by atoms with Gasteiger partial charge in [-0.3, -0.25) is 4.79 Å². The zero-order valence-corrected chi connectivity index (χ0v) is 16.9. The molecule has 10 heteroatoms. The molecule has 0 saturated heterocycles. The van der Waals surface area contributed by atoms with E-state index in [4.69, 9.17) is 5.73 Å². The predicted molar refractivity (Wildman–Crippen MR) is 108 cm³/mol. The van der Waals surface area contributed by atoms with Crippen LogP contribution < -0.4 is 11.1 Å². The van der Waals surface area contributed by atoms with Crippen LogP contribution in [0.2, 0.25) is 0 Å². The van der Waals surface area contributed by atoms with E-state index in [1.807, 2.05) is 22.6 Å². The molecule has 0 aliphatic carbocycles. The molecule has 0 bridgehead atoms. The number of alkyl halides is 3. The first-order chi connectivity index (χ1) is 13.1. The van der Waals surface area contributed by atoms with Gasteiger partial charge in [0.05, 0.1) is 26.1 Å². The summed E-state index contributed by atoms with van der Waals surface area (Å²) >= 11 is 2.02. The molecule has 0 radical (unpaired) electrons. The molecule has 0 fully saturated rings. The number of amides is 1. The Kier molecular flexibility index (Phi) is 5.33. The number of carbonyl (C=O) groups is 1. The third-order valence-electron chi connectivity index (χ3n) is 4.14. The largest absolute Gasteiger partial charge is 0.416 e. The van der Waals surface area contributed by atoms with E-state index in [9.17, 15) is 18.0 Å². The fraction of sp³-hybridized carbons (Fsp3) is 0.167. The highest BCUT2D eigenvalue weighted by Crippen LogP contribution is 2.36. The van der Waals surface area contributed by atoms with Gasteiger partial charge in [-0.2, -0.15) is 13.2 Å². The Morgan fingerprint density at radius 1 is 1.29 bits per heavy atom. The van der Waals surface area contributed by atoms with E-state index in [2.05, 4.69) is 20.3 Å². The molecule has 0 spiro atoms. The minimum absolute atomic E-state index is 0.0447. The highest BCUT2D eigenvalue weighted by molar-refractivity contribution is 14.1. The molecule has 1 amide bonds. The lowest BCUT2D eigenvalue weighted by atomic mass is 9.99. The molecule has 0 saturated carbocycles. The van der Waals surface area contributed by atoms with Gasteiger partial charge in [0.15, 0.2) is 0 Å². The highest BCUT2D eigenvalue weighted by Gasteiger charge is 2.31. The van der Waals surface area contributed by atoms with Crippen LogP contribution in [0.15, 0.2) is 30.5 Å². The first-order valence-corrected chi connectivity index (χ1v) is 9.11. The SMILES string of the molecule is CNC(=O)c1cc(-c2nc(N)ncc2I)[nH]c1-c1cc(C(F)(F)F)ccc1C. The number of H-pyrrole nitrogens is 1. The third kappa shape index (κ3) is 3.81. The maximum Gasteiger partial charge on any atom is 0.416 e. The Morgan fingerprint density at radius 2 is 2.00 bits per heavy atom. The highest BCUT2D eigenvalue weighted by atomic mass is 127. The summed E-state index contributed by atoms with van der Waals surface area (Å²) in [6, 6.07) is 4.95. The number of hydrogen-bond acceptors (Lipinski definition) is 4. The number of aromatic nitrogens is 3. The summed E-state index contributed by atoms with van der Waals surface area (Å²) in [5.41, 5.74) is 7.09. The van der Waals surface area contributed by atoms with E-state index in [-0.39, 0.29) is 22.8 Å². The van der Waals surface area contributed by atoms with Gasteiger partial charge < -0.3 is 16.0 Å². The summed E-state index contributed by atoms with van der Waals surface area (Å²) in [7, 11) is 1.45. The molecule has 0 atom stereocenters. The lowest BCUT2D eigenvalue weighted by Crippen LogP contribution is -2.18. The number of nitrogens with zero attached hydrogens (tertiary/aromatic N) is 2. The second-order valence-corrected chi connectivity index (χ2v) is 7.17. The van der Waals surface area contributed by atoms with Gasteiger partial charge in [0.25, 0.3) is 5.91 Å². The smallest absolute Gasteiger partial charge is 0.368 e. The summed E-state index contributed by atoms with van der Waals surface area (Å²) in [5.74, 6) is -0.394. The summed E-state index contributed by atoms with van der Waals surface area (Å²) in [6.07, 6.45) is -2.98. The van der Waals surface area contributed by atoms with Crippen LogP contribution in [-0.4, -0.2) is 27.9 Å². The van der Waals surface area contributed by atoms with Gasteiger partial charge in [-0.25, -0.2) is 9.97 Å². The van der Waals surface area contributed by atoms with Crippen LogP contribution in [-0.2, 0) is 6.18 Å². The fourth-order valence-corrected chi connectivity index (χ4v) is 3.30. The van der Waals surface area contributed by atoms with Crippen LogP contribution in [0.25, 0.3) is 22.6 Å². The van der Waals surface area contributed by atoms with E-state index >= 15 is 0 Å². The van der Waals surface area contributed by atoms with Gasteiger partial charge >= 0.3 is 6.18 Å². The van der Waals surface area contributed by atoms with Crippen molar-refractivity contribution in [1.82, 2.24) is 20.3 Å². The average Bonchev–Trinajstić information content (AvgIpc) is 3.07. The van der Waals surface area contributed by atoms with Gasteiger partial charge in [-0.1, -0.05) is 6.07 Å². The number of nitrogen functional groups attached to an aromatic ring is 1. The second kappa shape index (κ2) is 7.41. The van der Waals surface area contributed by atoms with Gasteiger partial charge in [-0.15, -0.1) is 0 Å². The van der Waals surface area contributed by atoms with Crippen LogP contribution in [0.3, 0.4) is 0 Å². The van der Waals surface area contributed by atoms with Crippen LogP contribution in [0.1, 0.15) is 21.5 Å². The standard InChI is InChI=1S/C18H15F3IN5O/c1-8-3-4-9(18(19,20)21)5-10(8)14-11(16(28)24-2)6-13(26-14)15-12(22)7-25-17(23)27-15/h3-7,26H,1-2H3,(H,24,28)(H2,23,25,27). The first-order valence-electron chi connectivity index (χ1n) is 8.03. The number of aromatic amines is 1. The molecule has 0 aliphatic rings. The molecule has 2 aromatic heterocycles. The molecule has 146 valence electrons. The molecular weight excluding hydrogens is 486 g/mol. The molecule has 2 heterocycles. The van der Waals surface area contributed by atoms with Crippen LogP contribution in [0, 0.1) is 10.5 Å². The summed E-state index contributed by atoms with van der Waals surface area (Å²) in [6.45, 7) is 1.68. The fourth-order valence-electron chi connectivity index (χ4n) is 2.75. The maximum atomic E-state index is 13.2. The van der Waals surface area contributed by atoms with Gasteiger partial charge in [0.2, 0.25) is 5.95 Å². The molecule has 3 rings (SSSR count). The number of nitrogens with one attached hydrogen (secondary N) is 2. The van der Waals surface area contributed by atoms with Crippen molar-refractivity contribution in [2.24, 2.45) is 0 Å². The van der Waals surface area contributed by atoms with Crippen molar-refractivity contribution in [2.45, 2.75) is 13.1 Å². The molecule has 6 nitrogen and oxygen atoms in total. The normalized spacial score (nSPS) is 11.5. The number of aryl methyl sites for hydroxylation is 1. The zero-order chi connectivity index (χ0) is 20.6. The van der Waals surface area contributed by atoms with E-state index in [0.29, 0.717) is 20.5 Å². The molecule has 0 unspecified atom stereocenters. The topological polar surface area (TPSA) is 96.7 Å². The average molecular weight is 501 g/mol. The molecule has 4 N–H and O–H groups in total. The second-order valence-electron chi connectivity index (χ2n) is 6.00. The molecular formula is C18H15F3IN5O. The lowest BCUT2D eigenvalue weighted by Gasteiger charge is -2.12. The van der Waals surface area contributed by atoms with E-state index < -0.39 is 17.6 Å². The number of rotatable bonds is 3.